The van der Waals surface area contributed by atoms with E-state index in [0.717, 1.165) is 37.4 Å². The van der Waals surface area contributed by atoms with E-state index in [-0.39, 0.29) is 5.69 Å². The molecule has 5 heteroatoms. The quantitative estimate of drug-likeness (QED) is 0.934. The summed E-state index contributed by atoms with van der Waals surface area (Å²) in [7, 11) is 0. The van der Waals surface area contributed by atoms with Crippen LogP contribution in [-0.2, 0) is 19.5 Å². The number of aromatic nitrogens is 2. The van der Waals surface area contributed by atoms with Gasteiger partial charge in [0.1, 0.15) is 0 Å². The molecule has 1 N–H and O–H groups in total. The number of fused-ring (bicyclic) bond motifs is 1. The van der Waals surface area contributed by atoms with Gasteiger partial charge in [-0.25, -0.2) is 14.8 Å². The Labute approximate surface area is 123 Å². The molecule has 0 atom stereocenters. The van der Waals surface area contributed by atoms with Crippen molar-refractivity contribution in [3.05, 3.63) is 53.0 Å². The molecule has 0 fully saturated rings. The molecule has 1 aromatic carbocycles. The third-order valence-electron chi connectivity index (χ3n) is 3.67. The zero-order valence-electron chi connectivity index (χ0n) is 11.9. The molecule has 0 saturated heterocycles. The molecule has 0 saturated carbocycles. The molecule has 2 aromatic rings. The lowest BCUT2D eigenvalue weighted by Crippen LogP contribution is -2.20. The van der Waals surface area contributed by atoms with E-state index in [1.165, 1.54) is 17.3 Å². The molecule has 0 spiro atoms. The number of hydrogen-bond acceptors (Lipinski definition) is 4. The number of aryl methyl sites for hydroxylation is 1. The Hall–Kier alpha value is -2.43. The van der Waals surface area contributed by atoms with Crippen molar-refractivity contribution in [2.45, 2.75) is 32.9 Å². The van der Waals surface area contributed by atoms with Crippen LogP contribution in [0.5, 0.6) is 0 Å². The summed E-state index contributed by atoms with van der Waals surface area (Å²) in [4.78, 5) is 21.8. The third-order valence-corrected chi connectivity index (χ3v) is 3.67. The van der Waals surface area contributed by atoms with E-state index >= 15 is 0 Å². The number of carbonyl (C=O) groups is 1. The van der Waals surface area contributed by atoms with E-state index in [9.17, 15) is 4.79 Å². The average molecular weight is 283 g/mol. The van der Waals surface area contributed by atoms with Crippen molar-refractivity contribution in [3.63, 3.8) is 0 Å². The van der Waals surface area contributed by atoms with Crippen molar-refractivity contribution in [1.82, 2.24) is 9.97 Å². The normalized spacial score (nSPS) is 13.3. The van der Waals surface area contributed by atoms with E-state index in [0.29, 0.717) is 0 Å². The monoisotopic (exact) mass is 283 g/mol. The number of carboxylic acids is 1. The summed E-state index contributed by atoms with van der Waals surface area (Å²) in [6.45, 7) is 3.65. The smallest absolute Gasteiger partial charge is 0.356 e. The number of benzene rings is 1. The molecular formula is C16H17N3O2. The van der Waals surface area contributed by atoms with Crippen molar-refractivity contribution in [2.75, 3.05) is 4.90 Å². The number of hydrogen-bond donors (Lipinski definition) is 1. The van der Waals surface area contributed by atoms with Gasteiger partial charge in [0.25, 0.3) is 0 Å². The van der Waals surface area contributed by atoms with Gasteiger partial charge in [-0.1, -0.05) is 37.6 Å². The highest BCUT2D eigenvalue weighted by atomic mass is 16.4. The molecule has 0 radical (unpaired) electrons. The Kier molecular flexibility index (Phi) is 3.56. The second kappa shape index (κ2) is 5.52. The van der Waals surface area contributed by atoms with Crippen molar-refractivity contribution in [3.8, 4) is 0 Å². The van der Waals surface area contributed by atoms with Crippen LogP contribution in [0.2, 0.25) is 0 Å². The van der Waals surface area contributed by atoms with E-state index in [1.807, 2.05) is 12.1 Å². The predicted molar refractivity (Wildman–Crippen MR) is 79.3 cm³/mol. The minimum atomic E-state index is -1.03. The largest absolute Gasteiger partial charge is 0.476 e. The van der Waals surface area contributed by atoms with Crippen LogP contribution < -0.4 is 4.90 Å². The van der Waals surface area contributed by atoms with Crippen LogP contribution >= 0.6 is 0 Å². The van der Waals surface area contributed by atoms with Crippen LogP contribution in [0.25, 0.3) is 0 Å². The Morgan fingerprint density at radius 2 is 1.95 bits per heavy atom. The summed E-state index contributed by atoms with van der Waals surface area (Å²) in [5, 5.41) is 9.06. The lowest BCUT2D eigenvalue weighted by Gasteiger charge is -2.19. The minimum absolute atomic E-state index is 0.0129. The van der Waals surface area contributed by atoms with Gasteiger partial charge in [-0.3, -0.25) is 0 Å². The van der Waals surface area contributed by atoms with Gasteiger partial charge in [-0.05, 0) is 17.5 Å². The highest BCUT2D eigenvalue weighted by Crippen LogP contribution is 2.28. The molecule has 3 rings (SSSR count). The second-order valence-corrected chi connectivity index (χ2v) is 5.21. The number of carboxylic acid groups (broad SMARTS) is 1. The summed E-state index contributed by atoms with van der Waals surface area (Å²) in [5.74, 6) is -0.228. The molecule has 0 unspecified atom stereocenters. The first-order chi connectivity index (χ1) is 10.2. The Morgan fingerprint density at radius 1 is 1.29 bits per heavy atom. The molecule has 0 amide bonds. The molecule has 1 aromatic heterocycles. The van der Waals surface area contributed by atoms with Crippen LogP contribution in [0.15, 0.2) is 30.5 Å². The van der Waals surface area contributed by atoms with Crippen LogP contribution in [0.3, 0.4) is 0 Å². The summed E-state index contributed by atoms with van der Waals surface area (Å²) in [6, 6.07) is 8.31. The Morgan fingerprint density at radius 3 is 2.52 bits per heavy atom. The zero-order valence-corrected chi connectivity index (χ0v) is 11.9. The highest BCUT2D eigenvalue weighted by molar-refractivity contribution is 5.85. The van der Waals surface area contributed by atoms with Crippen molar-refractivity contribution in [2.24, 2.45) is 0 Å². The van der Waals surface area contributed by atoms with Gasteiger partial charge in [0.05, 0.1) is 11.9 Å². The molecule has 5 nitrogen and oxygen atoms in total. The molecule has 21 heavy (non-hydrogen) atoms. The van der Waals surface area contributed by atoms with Gasteiger partial charge >= 0.3 is 5.97 Å². The number of rotatable bonds is 4. The first-order valence-corrected chi connectivity index (χ1v) is 7.10. The van der Waals surface area contributed by atoms with E-state index in [4.69, 9.17) is 5.11 Å². The fourth-order valence-corrected chi connectivity index (χ4v) is 2.68. The summed E-state index contributed by atoms with van der Waals surface area (Å²) in [5.41, 5.74) is 3.37. The number of nitrogens with zero attached hydrogens (tertiary/aromatic N) is 3. The maximum absolute atomic E-state index is 11.1. The first kappa shape index (κ1) is 13.5. The highest BCUT2D eigenvalue weighted by Gasteiger charge is 2.23. The number of aromatic carboxylic acids is 1. The van der Waals surface area contributed by atoms with Gasteiger partial charge in [-0.2, -0.15) is 0 Å². The van der Waals surface area contributed by atoms with Gasteiger partial charge in [0, 0.05) is 13.1 Å². The minimum Gasteiger partial charge on any atom is -0.476 e. The fraction of sp³-hybridized carbons (Fsp3) is 0.312. The predicted octanol–water partition coefficient (Wildman–Crippen LogP) is 2.65. The van der Waals surface area contributed by atoms with Crippen molar-refractivity contribution < 1.29 is 9.90 Å². The molecule has 2 heterocycles. The van der Waals surface area contributed by atoms with E-state index in [1.54, 1.807) is 0 Å². The molecule has 108 valence electrons. The average Bonchev–Trinajstić information content (AvgIpc) is 2.91. The Bertz CT molecular complexity index is 660. The lowest BCUT2D eigenvalue weighted by atomic mass is 10.1. The van der Waals surface area contributed by atoms with Crippen LogP contribution in [0, 0.1) is 0 Å². The van der Waals surface area contributed by atoms with Crippen LogP contribution in [0.4, 0.5) is 5.82 Å². The summed E-state index contributed by atoms with van der Waals surface area (Å²) < 4.78 is 0. The number of anilines is 1. The molecule has 1 aliphatic heterocycles. The van der Waals surface area contributed by atoms with Crippen LogP contribution in [0.1, 0.15) is 40.7 Å². The molecule has 0 aliphatic carbocycles. The van der Waals surface area contributed by atoms with E-state index in [2.05, 4.69) is 33.9 Å². The Balaban J connectivity index is 1.94. The van der Waals surface area contributed by atoms with Crippen molar-refractivity contribution >= 4 is 11.8 Å². The molecular weight excluding hydrogens is 266 g/mol. The SMILES string of the molecule is CCCc1nc(C(=O)O)cnc1N1Cc2ccccc2C1. The molecule has 1 aliphatic rings. The standard InChI is InChI=1S/C16H17N3O2/c1-2-5-13-15(17-8-14(18-13)16(20)21)19-9-11-6-3-4-7-12(11)10-19/h3-4,6-8H,2,5,9-10H2,1H3,(H,20,21). The van der Waals surface area contributed by atoms with Gasteiger partial charge < -0.3 is 10.0 Å². The van der Waals surface area contributed by atoms with Crippen molar-refractivity contribution in [1.29, 1.82) is 0 Å². The molecule has 0 bridgehead atoms. The van der Waals surface area contributed by atoms with Gasteiger partial charge in [0.2, 0.25) is 0 Å². The van der Waals surface area contributed by atoms with E-state index < -0.39 is 5.97 Å². The van der Waals surface area contributed by atoms with Gasteiger partial charge in [-0.15, -0.1) is 0 Å². The zero-order chi connectivity index (χ0) is 14.8. The maximum Gasteiger partial charge on any atom is 0.356 e. The van der Waals surface area contributed by atoms with Gasteiger partial charge in [0.15, 0.2) is 11.5 Å². The first-order valence-electron chi connectivity index (χ1n) is 7.10. The topological polar surface area (TPSA) is 66.3 Å². The fourth-order valence-electron chi connectivity index (χ4n) is 2.68. The van der Waals surface area contributed by atoms with Crippen LogP contribution in [-0.4, -0.2) is 21.0 Å². The summed E-state index contributed by atoms with van der Waals surface area (Å²) in [6.07, 6.45) is 2.99. The maximum atomic E-state index is 11.1. The summed E-state index contributed by atoms with van der Waals surface area (Å²) >= 11 is 0. The third kappa shape index (κ3) is 2.59. The second-order valence-electron chi connectivity index (χ2n) is 5.21. The lowest BCUT2D eigenvalue weighted by molar-refractivity contribution is 0.0689.